The fraction of sp³-hybridized carbons (Fsp3) is 0.467. The molecule has 3 amide bonds. The van der Waals surface area contributed by atoms with E-state index in [-0.39, 0.29) is 5.54 Å². The van der Waals surface area contributed by atoms with Crippen LogP contribution in [-0.4, -0.2) is 23.1 Å². The maximum Gasteiger partial charge on any atom is 0.335 e. The molecule has 1 rings (SSSR count). The summed E-state index contributed by atoms with van der Waals surface area (Å²) in [4.78, 5) is 23.7. The number of benzene rings is 1. The molecule has 1 aromatic rings. The number of hydrogen-bond acceptors (Lipinski definition) is 4. The maximum absolute atomic E-state index is 11.9. The SMILES string of the molecule is CC(C)(C)/N=N/C(C)(C)NC(=O)NNC(=O)c1cccc(Cl)c1. The van der Waals surface area contributed by atoms with E-state index in [2.05, 4.69) is 26.4 Å². The van der Waals surface area contributed by atoms with Crippen LogP contribution < -0.4 is 16.2 Å². The van der Waals surface area contributed by atoms with Gasteiger partial charge in [0, 0.05) is 10.6 Å². The van der Waals surface area contributed by atoms with E-state index in [9.17, 15) is 9.59 Å². The van der Waals surface area contributed by atoms with Gasteiger partial charge in [0.05, 0.1) is 5.54 Å². The number of amides is 3. The van der Waals surface area contributed by atoms with Crippen molar-refractivity contribution >= 4 is 23.5 Å². The van der Waals surface area contributed by atoms with Gasteiger partial charge < -0.3 is 5.32 Å². The van der Waals surface area contributed by atoms with Crippen LogP contribution in [0.5, 0.6) is 0 Å². The van der Waals surface area contributed by atoms with Crippen molar-refractivity contribution in [3.05, 3.63) is 34.9 Å². The van der Waals surface area contributed by atoms with E-state index in [0.717, 1.165) is 0 Å². The number of nitrogens with one attached hydrogen (secondary N) is 3. The van der Waals surface area contributed by atoms with E-state index in [1.165, 1.54) is 6.07 Å². The van der Waals surface area contributed by atoms with Gasteiger partial charge in [-0.05, 0) is 52.8 Å². The molecule has 0 aromatic heterocycles. The number of nitrogens with zero attached hydrogens (tertiary/aromatic N) is 2. The molecule has 0 saturated heterocycles. The van der Waals surface area contributed by atoms with E-state index in [4.69, 9.17) is 11.6 Å². The number of rotatable bonds is 3. The van der Waals surface area contributed by atoms with E-state index in [1.54, 1.807) is 32.0 Å². The van der Waals surface area contributed by atoms with Crippen LogP contribution in [0.1, 0.15) is 45.0 Å². The van der Waals surface area contributed by atoms with Gasteiger partial charge in [0.15, 0.2) is 0 Å². The van der Waals surface area contributed by atoms with Crippen LogP contribution in [0.2, 0.25) is 5.02 Å². The lowest BCUT2D eigenvalue weighted by Gasteiger charge is -2.22. The van der Waals surface area contributed by atoms with Crippen LogP contribution in [0.25, 0.3) is 0 Å². The molecule has 23 heavy (non-hydrogen) atoms. The van der Waals surface area contributed by atoms with Gasteiger partial charge in [-0.2, -0.15) is 10.2 Å². The molecule has 3 N–H and O–H groups in total. The lowest BCUT2D eigenvalue weighted by molar-refractivity contribution is 0.0935. The van der Waals surface area contributed by atoms with Crippen molar-refractivity contribution in [3.63, 3.8) is 0 Å². The molecule has 0 bridgehead atoms. The number of carbonyl (C=O) groups excluding carboxylic acids is 2. The minimum absolute atomic E-state index is 0.337. The standard InChI is InChI=1S/C15H22ClN5O2/c1-14(2,3)20-21-15(4,5)17-13(23)19-18-12(22)10-7-6-8-11(16)9-10/h6-9H,1-5H3,(H,18,22)(H2,17,19,23)/b21-20+. The molecule has 126 valence electrons. The Balaban J connectivity index is 2.54. The quantitative estimate of drug-likeness (QED) is 0.582. The van der Waals surface area contributed by atoms with Gasteiger partial charge in [-0.1, -0.05) is 17.7 Å². The largest absolute Gasteiger partial charge is 0.335 e. The maximum atomic E-state index is 11.9. The molecule has 0 atom stereocenters. The molecule has 0 fully saturated rings. The summed E-state index contributed by atoms with van der Waals surface area (Å²) < 4.78 is 0. The number of hydrazine groups is 1. The molecule has 0 radical (unpaired) electrons. The fourth-order valence-corrected chi connectivity index (χ4v) is 1.61. The number of urea groups is 1. The van der Waals surface area contributed by atoms with Crippen molar-refractivity contribution in [3.8, 4) is 0 Å². The predicted octanol–water partition coefficient (Wildman–Crippen LogP) is 3.27. The molecule has 0 spiro atoms. The Morgan fingerprint density at radius 3 is 2.26 bits per heavy atom. The topological polar surface area (TPSA) is 94.9 Å². The minimum Gasteiger partial charge on any atom is -0.311 e. The highest BCUT2D eigenvalue weighted by Crippen LogP contribution is 2.12. The highest BCUT2D eigenvalue weighted by Gasteiger charge is 2.21. The third-order valence-electron chi connectivity index (χ3n) is 2.40. The van der Waals surface area contributed by atoms with Crippen molar-refractivity contribution in [1.29, 1.82) is 0 Å². The molecule has 0 unspecified atom stereocenters. The van der Waals surface area contributed by atoms with E-state index in [0.29, 0.717) is 10.6 Å². The smallest absolute Gasteiger partial charge is 0.311 e. The van der Waals surface area contributed by atoms with Crippen LogP contribution >= 0.6 is 11.6 Å². The number of halogens is 1. The summed E-state index contributed by atoms with van der Waals surface area (Å²) >= 11 is 5.81. The predicted molar refractivity (Wildman–Crippen MR) is 89.3 cm³/mol. The lowest BCUT2D eigenvalue weighted by Crippen LogP contribution is -2.52. The number of hydrogen-bond donors (Lipinski definition) is 3. The van der Waals surface area contributed by atoms with Crippen molar-refractivity contribution in [1.82, 2.24) is 16.2 Å². The normalized spacial score (nSPS) is 12.1. The monoisotopic (exact) mass is 339 g/mol. The van der Waals surface area contributed by atoms with E-state index in [1.807, 2.05) is 20.8 Å². The Labute approximate surface area is 140 Å². The molecule has 1 aromatic carbocycles. The molecule has 0 aliphatic carbocycles. The van der Waals surface area contributed by atoms with E-state index >= 15 is 0 Å². The summed E-state index contributed by atoms with van der Waals surface area (Å²) in [5, 5.41) is 11.2. The molecule has 8 heteroatoms. The second-order valence-electron chi connectivity index (χ2n) is 6.47. The highest BCUT2D eigenvalue weighted by molar-refractivity contribution is 6.30. The zero-order valence-electron chi connectivity index (χ0n) is 13.9. The summed E-state index contributed by atoms with van der Waals surface area (Å²) in [6.45, 7) is 9.09. The molecule has 0 heterocycles. The first-order valence-corrected chi connectivity index (χ1v) is 7.44. The highest BCUT2D eigenvalue weighted by atomic mass is 35.5. The van der Waals surface area contributed by atoms with Crippen LogP contribution in [0.15, 0.2) is 34.5 Å². The Morgan fingerprint density at radius 1 is 1.04 bits per heavy atom. The van der Waals surface area contributed by atoms with Crippen molar-refractivity contribution in [2.24, 2.45) is 10.2 Å². The third kappa shape index (κ3) is 7.60. The first-order chi connectivity index (χ1) is 10.5. The zero-order chi connectivity index (χ0) is 17.7. The Hall–Kier alpha value is -2.15. The molecule has 7 nitrogen and oxygen atoms in total. The van der Waals surface area contributed by atoms with Crippen LogP contribution in [0, 0.1) is 0 Å². The first-order valence-electron chi connectivity index (χ1n) is 7.07. The second-order valence-corrected chi connectivity index (χ2v) is 6.91. The van der Waals surface area contributed by atoms with E-state index < -0.39 is 17.6 Å². The van der Waals surface area contributed by atoms with Crippen LogP contribution in [0.4, 0.5) is 4.79 Å². The van der Waals surface area contributed by atoms with Crippen LogP contribution in [0.3, 0.4) is 0 Å². The van der Waals surface area contributed by atoms with Gasteiger partial charge in [0.25, 0.3) is 5.91 Å². The van der Waals surface area contributed by atoms with Crippen LogP contribution in [-0.2, 0) is 0 Å². The first kappa shape index (κ1) is 18.9. The summed E-state index contributed by atoms with van der Waals surface area (Å²) in [6.07, 6.45) is 0. The second kappa shape index (κ2) is 7.41. The van der Waals surface area contributed by atoms with Gasteiger partial charge >= 0.3 is 6.03 Å². The number of carbonyl (C=O) groups is 2. The minimum atomic E-state index is -0.905. The van der Waals surface area contributed by atoms with Gasteiger partial charge in [-0.3, -0.25) is 10.2 Å². The molecule has 0 saturated carbocycles. The van der Waals surface area contributed by atoms with Crippen molar-refractivity contribution in [2.45, 2.75) is 45.8 Å². The number of azo groups is 1. The Bertz CT molecular complexity index is 608. The Kier molecular flexibility index (Phi) is 6.09. The molecule has 0 aliphatic heterocycles. The summed E-state index contributed by atoms with van der Waals surface area (Å²) in [7, 11) is 0. The van der Waals surface area contributed by atoms with Gasteiger partial charge in [-0.15, -0.1) is 0 Å². The third-order valence-corrected chi connectivity index (χ3v) is 2.63. The summed E-state index contributed by atoms with van der Waals surface area (Å²) in [5.74, 6) is -0.475. The average Bonchev–Trinajstić information content (AvgIpc) is 2.41. The summed E-state index contributed by atoms with van der Waals surface area (Å²) in [5.41, 5.74) is 3.64. The lowest BCUT2D eigenvalue weighted by atomic mass is 10.1. The van der Waals surface area contributed by atoms with Gasteiger partial charge in [0.1, 0.15) is 5.66 Å². The van der Waals surface area contributed by atoms with Crippen molar-refractivity contribution in [2.75, 3.05) is 0 Å². The molecule has 0 aliphatic rings. The molecular weight excluding hydrogens is 318 g/mol. The van der Waals surface area contributed by atoms with Gasteiger partial charge in [-0.25, -0.2) is 10.2 Å². The fourth-order valence-electron chi connectivity index (χ4n) is 1.42. The average molecular weight is 340 g/mol. The summed E-state index contributed by atoms with van der Waals surface area (Å²) in [6, 6.07) is 5.78. The van der Waals surface area contributed by atoms with Gasteiger partial charge in [0.2, 0.25) is 0 Å². The zero-order valence-corrected chi connectivity index (χ0v) is 14.7. The van der Waals surface area contributed by atoms with Crippen molar-refractivity contribution < 1.29 is 9.59 Å². The molecular formula is C15H22ClN5O2. The Morgan fingerprint density at radius 2 is 1.70 bits per heavy atom.